The summed E-state index contributed by atoms with van der Waals surface area (Å²) in [5, 5.41) is 4.58. The SMILES string of the molecule is Cc1cc(/C=N/NC(=O)COc2ccc(Cl)c(C)c2)c(C)[nH]1. The number of hydrazone groups is 1. The molecule has 0 fully saturated rings. The topological polar surface area (TPSA) is 66.5 Å². The highest BCUT2D eigenvalue weighted by Crippen LogP contribution is 2.20. The molecule has 0 unspecified atom stereocenters. The van der Waals surface area contributed by atoms with Gasteiger partial charge in [-0.25, -0.2) is 5.43 Å². The van der Waals surface area contributed by atoms with Crippen molar-refractivity contribution >= 4 is 23.7 Å². The summed E-state index contributed by atoms with van der Waals surface area (Å²) >= 11 is 5.93. The monoisotopic (exact) mass is 319 g/mol. The number of aromatic nitrogens is 1. The molecule has 5 nitrogen and oxygen atoms in total. The van der Waals surface area contributed by atoms with E-state index in [0.717, 1.165) is 22.5 Å². The standard InChI is InChI=1S/C16H18ClN3O2/c1-10-6-14(4-5-15(10)17)22-9-16(21)20-18-8-13-7-11(2)19-12(13)3/h4-8,19H,9H2,1-3H3,(H,20,21)/b18-8+. The predicted molar refractivity (Wildman–Crippen MR) is 87.7 cm³/mol. The second-order valence-corrected chi connectivity index (χ2v) is 5.43. The summed E-state index contributed by atoms with van der Waals surface area (Å²) in [7, 11) is 0. The average molecular weight is 320 g/mol. The minimum atomic E-state index is -0.325. The van der Waals surface area contributed by atoms with E-state index in [0.29, 0.717) is 10.8 Å². The highest BCUT2D eigenvalue weighted by atomic mass is 35.5. The summed E-state index contributed by atoms with van der Waals surface area (Å²) in [5.74, 6) is 0.270. The van der Waals surface area contributed by atoms with E-state index in [1.165, 1.54) is 0 Å². The number of carbonyl (C=O) groups excluding carboxylic acids is 1. The maximum absolute atomic E-state index is 11.7. The molecule has 116 valence electrons. The summed E-state index contributed by atoms with van der Waals surface area (Å²) in [5.41, 5.74) is 6.32. The van der Waals surface area contributed by atoms with Crippen molar-refractivity contribution in [2.24, 2.45) is 5.10 Å². The number of nitrogens with zero attached hydrogens (tertiary/aromatic N) is 1. The lowest BCUT2D eigenvalue weighted by Crippen LogP contribution is -2.24. The number of carbonyl (C=O) groups is 1. The fourth-order valence-electron chi connectivity index (χ4n) is 1.94. The third-order valence-corrected chi connectivity index (χ3v) is 3.51. The van der Waals surface area contributed by atoms with Gasteiger partial charge in [0.05, 0.1) is 6.21 Å². The Hall–Kier alpha value is -2.27. The lowest BCUT2D eigenvalue weighted by atomic mass is 10.2. The third-order valence-electron chi connectivity index (χ3n) is 3.08. The van der Waals surface area contributed by atoms with Gasteiger partial charge in [-0.2, -0.15) is 5.10 Å². The van der Waals surface area contributed by atoms with Gasteiger partial charge >= 0.3 is 0 Å². The number of ether oxygens (including phenoxy) is 1. The maximum Gasteiger partial charge on any atom is 0.277 e. The van der Waals surface area contributed by atoms with Gasteiger partial charge in [0.1, 0.15) is 5.75 Å². The number of amides is 1. The molecule has 0 aliphatic carbocycles. The number of rotatable bonds is 5. The molecule has 1 aromatic carbocycles. The lowest BCUT2D eigenvalue weighted by Gasteiger charge is -2.06. The van der Waals surface area contributed by atoms with E-state index in [-0.39, 0.29) is 12.5 Å². The fraction of sp³-hybridized carbons (Fsp3) is 0.250. The molecule has 0 aliphatic heterocycles. The fourth-order valence-corrected chi connectivity index (χ4v) is 2.06. The molecule has 0 bridgehead atoms. The van der Waals surface area contributed by atoms with Crippen LogP contribution < -0.4 is 10.2 Å². The van der Waals surface area contributed by atoms with Crippen LogP contribution in [0.15, 0.2) is 29.4 Å². The molecule has 1 amide bonds. The smallest absolute Gasteiger partial charge is 0.277 e. The van der Waals surface area contributed by atoms with Gasteiger partial charge in [-0.3, -0.25) is 4.79 Å². The Morgan fingerprint density at radius 3 is 2.77 bits per heavy atom. The van der Waals surface area contributed by atoms with Gasteiger partial charge in [-0.05, 0) is 50.6 Å². The van der Waals surface area contributed by atoms with Crippen LogP contribution in [-0.4, -0.2) is 23.7 Å². The maximum atomic E-state index is 11.7. The van der Waals surface area contributed by atoms with Crippen molar-refractivity contribution in [3.63, 3.8) is 0 Å². The molecule has 0 aliphatic rings. The summed E-state index contributed by atoms with van der Waals surface area (Å²) in [6.07, 6.45) is 1.60. The van der Waals surface area contributed by atoms with Crippen LogP contribution in [0.1, 0.15) is 22.5 Å². The summed E-state index contributed by atoms with van der Waals surface area (Å²) in [6, 6.07) is 7.19. The molecular weight excluding hydrogens is 302 g/mol. The largest absolute Gasteiger partial charge is 0.484 e. The molecule has 0 saturated carbocycles. The van der Waals surface area contributed by atoms with Crippen LogP contribution in [0.4, 0.5) is 0 Å². The van der Waals surface area contributed by atoms with E-state index in [9.17, 15) is 4.79 Å². The third kappa shape index (κ3) is 4.36. The van der Waals surface area contributed by atoms with Crippen LogP contribution in [0.25, 0.3) is 0 Å². The highest BCUT2D eigenvalue weighted by molar-refractivity contribution is 6.31. The first-order valence-corrected chi connectivity index (χ1v) is 7.20. The van der Waals surface area contributed by atoms with E-state index in [2.05, 4.69) is 15.5 Å². The summed E-state index contributed by atoms with van der Waals surface area (Å²) in [6.45, 7) is 5.68. The van der Waals surface area contributed by atoms with E-state index in [4.69, 9.17) is 16.3 Å². The van der Waals surface area contributed by atoms with Crippen LogP contribution in [0.3, 0.4) is 0 Å². The minimum absolute atomic E-state index is 0.108. The second kappa shape index (κ2) is 7.13. The highest BCUT2D eigenvalue weighted by Gasteiger charge is 2.03. The van der Waals surface area contributed by atoms with Crippen molar-refractivity contribution in [1.29, 1.82) is 0 Å². The summed E-state index contributed by atoms with van der Waals surface area (Å²) in [4.78, 5) is 14.8. The van der Waals surface area contributed by atoms with Gasteiger partial charge in [0.15, 0.2) is 6.61 Å². The van der Waals surface area contributed by atoms with Gasteiger partial charge in [-0.1, -0.05) is 11.6 Å². The predicted octanol–water partition coefficient (Wildman–Crippen LogP) is 3.12. The Morgan fingerprint density at radius 2 is 2.14 bits per heavy atom. The Kier molecular flexibility index (Phi) is 5.22. The molecule has 0 spiro atoms. The molecule has 1 heterocycles. The van der Waals surface area contributed by atoms with E-state index in [1.807, 2.05) is 26.8 Å². The molecule has 2 N–H and O–H groups in total. The Labute approximate surface area is 134 Å². The summed E-state index contributed by atoms with van der Waals surface area (Å²) < 4.78 is 5.38. The van der Waals surface area contributed by atoms with Crippen LogP contribution in [0.2, 0.25) is 5.02 Å². The molecule has 1 aromatic heterocycles. The molecule has 0 saturated heterocycles. The minimum Gasteiger partial charge on any atom is -0.484 e. The second-order valence-electron chi connectivity index (χ2n) is 5.03. The van der Waals surface area contributed by atoms with E-state index >= 15 is 0 Å². The number of hydrogen-bond acceptors (Lipinski definition) is 3. The number of nitrogens with one attached hydrogen (secondary N) is 2. The van der Waals surface area contributed by atoms with Gasteiger partial charge in [0.25, 0.3) is 5.91 Å². The first-order valence-electron chi connectivity index (χ1n) is 6.83. The zero-order chi connectivity index (χ0) is 16.1. The number of aryl methyl sites for hydroxylation is 3. The zero-order valence-corrected chi connectivity index (χ0v) is 13.5. The first kappa shape index (κ1) is 16.1. The van der Waals surface area contributed by atoms with Crippen molar-refractivity contribution < 1.29 is 9.53 Å². The van der Waals surface area contributed by atoms with Gasteiger partial charge < -0.3 is 9.72 Å². The van der Waals surface area contributed by atoms with Crippen LogP contribution >= 0.6 is 11.6 Å². The number of benzene rings is 1. The van der Waals surface area contributed by atoms with Crippen LogP contribution in [-0.2, 0) is 4.79 Å². The Balaban J connectivity index is 1.83. The average Bonchev–Trinajstić information content (AvgIpc) is 2.78. The molecule has 22 heavy (non-hydrogen) atoms. The Bertz CT molecular complexity index is 707. The van der Waals surface area contributed by atoms with Gasteiger partial charge in [-0.15, -0.1) is 0 Å². The van der Waals surface area contributed by atoms with Crippen molar-refractivity contribution in [1.82, 2.24) is 10.4 Å². The molecule has 0 atom stereocenters. The van der Waals surface area contributed by atoms with Crippen molar-refractivity contribution in [3.8, 4) is 5.75 Å². The first-order chi connectivity index (χ1) is 10.5. The zero-order valence-electron chi connectivity index (χ0n) is 12.7. The molecule has 6 heteroatoms. The van der Waals surface area contributed by atoms with E-state index < -0.39 is 0 Å². The van der Waals surface area contributed by atoms with Crippen molar-refractivity contribution in [3.05, 3.63) is 51.8 Å². The van der Waals surface area contributed by atoms with E-state index in [1.54, 1.807) is 24.4 Å². The van der Waals surface area contributed by atoms with Crippen molar-refractivity contribution in [2.45, 2.75) is 20.8 Å². The quantitative estimate of drug-likeness (QED) is 0.657. The van der Waals surface area contributed by atoms with Crippen LogP contribution in [0.5, 0.6) is 5.75 Å². The number of halogens is 1. The number of hydrogen-bond donors (Lipinski definition) is 2. The molecule has 2 aromatic rings. The Morgan fingerprint density at radius 1 is 1.36 bits per heavy atom. The molecule has 2 rings (SSSR count). The van der Waals surface area contributed by atoms with Gasteiger partial charge in [0.2, 0.25) is 0 Å². The van der Waals surface area contributed by atoms with Gasteiger partial charge in [0, 0.05) is 22.0 Å². The lowest BCUT2D eigenvalue weighted by molar-refractivity contribution is -0.123. The molecular formula is C16H18ClN3O2. The van der Waals surface area contributed by atoms with Crippen LogP contribution in [0, 0.1) is 20.8 Å². The normalized spacial score (nSPS) is 10.9. The van der Waals surface area contributed by atoms with Crippen molar-refractivity contribution in [2.75, 3.05) is 6.61 Å². The number of aromatic amines is 1. The molecule has 0 radical (unpaired) electrons. The number of H-pyrrole nitrogens is 1.